The monoisotopic (exact) mass is 209 g/mol. The number of H-pyrrole nitrogens is 1. The van der Waals surface area contributed by atoms with Gasteiger partial charge in [-0.15, -0.1) is 0 Å². The maximum absolute atomic E-state index is 11.3. The Bertz CT molecular complexity index is 476. The number of rotatable bonds is 0. The van der Waals surface area contributed by atoms with Crippen molar-refractivity contribution in [3.8, 4) is 11.5 Å². The molecule has 2 heterocycles. The number of esters is 2. The number of carbonyl (C=O) groups excluding carboxylic acids is 2. The van der Waals surface area contributed by atoms with Crippen molar-refractivity contribution >= 4 is 11.9 Å². The third-order valence-corrected chi connectivity index (χ3v) is 1.85. The number of aromatic amines is 1. The Hall–Kier alpha value is -2.11. The second-order valence-electron chi connectivity index (χ2n) is 2.95. The Kier molecular flexibility index (Phi) is 2.24. The maximum atomic E-state index is 11.3. The van der Waals surface area contributed by atoms with E-state index < -0.39 is 17.5 Å². The Morgan fingerprint density at radius 2 is 1.73 bits per heavy atom. The van der Waals surface area contributed by atoms with Crippen molar-refractivity contribution in [3.63, 3.8) is 0 Å². The predicted molar refractivity (Wildman–Crippen MR) is 47.6 cm³/mol. The van der Waals surface area contributed by atoms with Gasteiger partial charge in [-0.2, -0.15) is 0 Å². The van der Waals surface area contributed by atoms with E-state index in [1.165, 1.54) is 12.3 Å². The minimum absolute atomic E-state index is 0.0307. The van der Waals surface area contributed by atoms with Crippen molar-refractivity contribution in [2.45, 2.75) is 12.8 Å². The first kappa shape index (κ1) is 9.45. The molecule has 1 aromatic heterocycles. The van der Waals surface area contributed by atoms with Crippen molar-refractivity contribution in [2.75, 3.05) is 0 Å². The molecule has 78 valence electrons. The fraction of sp³-hybridized carbons (Fsp3) is 0.222. The van der Waals surface area contributed by atoms with Crippen LogP contribution in [0.3, 0.4) is 0 Å². The van der Waals surface area contributed by atoms with Crippen LogP contribution in [0.25, 0.3) is 0 Å². The third kappa shape index (κ3) is 1.88. The summed E-state index contributed by atoms with van der Waals surface area (Å²) in [6, 6.07) is 1.35. The van der Waals surface area contributed by atoms with Crippen LogP contribution in [0.15, 0.2) is 17.1 Å². The fourth-order valence-corrected chi connectivity index (χ4v) is 1.17. The highest BCUT2D eigenvalue weighted by Gasteiger charge is 2.21. The Labute approximate surface area is 83.8 Å². The Morgan fingerprint density at radius 1 is 1.07 bits per heavy atom. The maximum Gasteiger partial charge on any atom is 0.312 e. The van der Waals surface area contributed by atoms with E-state index in [0.29, 0.717) is 0 Å². The molecule has 2 rings (SSSR count). The summed E-state index contributed by atoms with van der Waals surface area (Å²) in [5.41, 5.74) is -0.601. The summed E-state index contributed by atoms with van der Waals surface area (Å²) in [7, 11) is 0. The summed E-state index contributed by atoms with van der Waals surface area (Å²) in [5.74, 6) is -1.48. The van der Waals surface area contributed by atoms with E-state index in [1.807, 2.05) is 0 Å². The molecule has 0 amide bonds. The van der Waals surface area contributed by atoms with Gasteiger partial charge in [0, 0.05) is 12.3 Å². The van der Waals surface area contributed by atoms with Gasteiger partial charge in [0.1, 0.15) is 0 Å². The lowest BCUT2D eigenvalue weighted by Gasteiger charge is -2.11. The Morgan fingerprint density at radius 3 is 2.47 bits per heavy atom. The van der Waals surface area contributed by atoms with E-state index in [4.69, 9.17) is 9.47 Å². The van der Waals surface area contributed by atoms with Crippen LogP contribution in [0.4, 0.5) is 0 Å². The summed E-state index contributed by atoms with van der Waals surface area (Å²) in [6.07, 6.45) is 1.17. The van der Waals surface area contributed by atoms with Crippen LogP contribution in [0, 0.1) is 0 Å². The summed E-state index contributed by atoms with van der Waals surface area (Å²) in [6.45, 7) is 0. The lowest BCUT2D eigenvalue weighted by atomic mass is 10.3. The molecule has 15 heavy (non-hydrogen) atoms. The van der Waals surface area contributed by atoms with Crippen molar-refractivity contribution in [1.82, 2.24) is 4.98 Å². The van der Waals surface area contributed by atoms with E-state index in [9.17, 15) is 14.4 Å². The highest BCUT2D eigenvalue weighted by atomic mass is 16.6. The van der Waals surface area contributed by atoms with Gasteiger partial charge in [0.15, 0.2) is 5.75 Å². The first-order valence-electron chi connectivity index (χ1n) is 4.30. The molecule has 0 saturated carbocycles. The SMILES string of the molecule is O=C1CCC(=O)Oc2c(cc[nH]c2=O)O1. The fourth-order valence-electron chi connectivity index (χ4n) is 1.17. The average Bonchev–Trinajstić information content (AvgIpc) is 2.18. The number of hydrogen-bond acceptors (Lipinski definition) is 5. The molecule has 6 heteroatoms. The van der Waals surface area contributed by atoms with Crippen LogP contribution in [0.1, 0.15) is 12.8 Å². The predicted octanol–water partition coefficient (Wildman–Crippen LogP) is -0.0205. The number of pyridine rings is 1. The van der Waals surface area contributed by atoms with E-state index in [0.717, 1.165) is 0 Å². The van der Waals surface area contributed by atoms with Crippen LogP contribution in [0.5, 0.6) is 11.5 Å². The number of carbonyl (C=O) groups is 2. The first-order valence-corrected chi connectivity index (χ1v) is 4.30. The van der Waals surface area contributed by atoms with Crippen molar-refractivity contribution in [1.29, 1.82) is 0 Å². The van der Waals surface area contributed by atoms with Gasteiger partial charge < -0.3 is 14.5 Å². The van der Waals surface area contributed by atoms with Gasteiger partial charge in [0.25, 0.3) is 5.56 Å². The van der Waals surface area contributed by atoms with Gasteiger partial charge in [-0.3, -0.25) is 14.4 Å². The minimum atomic E-state index is -0.621. The quantitative estimate of drug-likeness (QED) is 0.607. The molecule has 0 aromatic carbocycles. The molecule has 1 aliphatic heterocycles. The minimum Gasteiger partial charge on any atom is -0.422 e. The summed E-state index contributed by atoms with van der Waals surface area (Å²) in [4.78, 5) is 35.8. The van der Waals surface area contributed by atoms with Gasteiger partial charge in [-0.25, -0.2) is 0 Å². The molecular weight excluding hydrogens is 202 g/mol. The largest absolute Gasteiger partial charge is 0.422 e. The smallest absolute Gasteiger partial charge is 0.312 e. The molecule has 0 radical (unpaired) electrons. The molecule has 0 bridgehead atoms. The Balaban J connectivity index is 2.50. The molecule has 0 aliphatic carbocycles. The van der Waals surface area contributed by atoms with Gasteiger partial charge in [-0.1, -0.05) is 0 Å². The zero-order valence-corrected chi connectivity index (χ0v) is 7.61. The highest BCUT2D eigenvalue weighted by molar-refractivity contribution is 5.82. The first-order chi connectivity index (χ1) is 7.16. The van der Waals surface area contributed by atoms with Gasteiger partial charge in [0.2, 0.25) is 5.75 Å². The van der Waals surface area contributed by atoms with Crippen molar-refractivity contribution < 1.29 is 19.1 Å². The van der Waals surface area contributed by atoms with Gasteiger partial charge in [0.05, 0.1) is 12.8 Å². The number of hydrogen-bond donors (Lipinski definition) is 1. The van der Waals surface area contributed by atoms with Crippen LogP contribution >= 0.6 is 0 Å². The molecule has 0 saturated heterocycles. The number of aromatic nitrogens is 1. The molecular formula is C9H7NO5. The van der Waals surface area contributed by atoms with Crippen LogP contribution < -0.4 is 15.0 Å². The van der Waals surface area contributed by atoms with Gasteiger partial charge >= 0.3 is 11.9 Å². The van der Waals surface area contributed by atoms with E-state index in [-0.39, 0.29) is 24.3 Å². The van der Waals surface area contributed by atoms with Crippen LogP contribution in [0.2, 0.25) is 0 Å². The second-order valence-corrected chi connectivity index (χ2v) is 2.95. The van der Waals surface area contributed by atoms with Crippen LogP contribution in [-0.4, -0.2) is 16.9 Å². The van der Waals surface area contributed by atoms with Crippen molar-refractivity contribution in [2.24, 2.45) is 0 Å². The van der Waals surface area contributed by atoms with E-state index >= 15 is 0 Å². The molecule has 1 aliphatic rings. The standard InChI is InChI=1S/C9H7NO5/c11-6-1-2-7(12)15-8-5(14-6)3-4-10-9(8)13/h3-4H,1-2H2,(H,10,13). The number of nitrogens with one attached hydrogen (secondary N) is 1. The summed E-state index contributed by atoms with van der Waals surface area (Å²) in [5, 5.41) is 0. The second kappa shape index (κ2) is 3.56. The summed E-state index contributed by atoms with van der Waals surface area (Å²) >= 11 is 0. The topological polar surface area (TPSA) is 85.5 Å². The molecule has 0 fully saturated rings. The average molecular weight is 209 g/mol. The summed E-state index contributed by atoms with van der Waals surface area (Å²) < 4.78 is 9.59. The molecule has 0 spiro atoms. The van der Waals surface area contributed by atoms with Gasteiger partial charge in [-0.05, 0) is 0 Å². The van der Waals surface area contributed by atoms with Crippen LogP contribution in [-0.2, 0) is 9.59 Å². The molecule has 1 N–H and O–H groups in total. The van der Waals surface area contributed by atoms with E-state index in [1.54, 1.807) is 0 Å². The molecule has 0 atom stereocenters. The number of ether oxygens (including phenoxy) is 2. The normalized spacial score (nSPS) is 15.7. The number of fused-ring (bicyclic) bond motifs is 1. The highest BCUT2D eigenvalue weighted by Crippen LogP contribution is 2.24. The van der Waals surface area contributed by atoms with Crippen molar-refractivity contribution in [3.05, 3.63) is 22.6 Å². The molecule has 0 unspecified atom stereocenters. The third-order valence-electron chi connectivity index (χ3n) is 1.85. The zero-order valence-electron chi connectivity index (χ0n) is 7.61. The lowest BCUT2D eigenvalue weighted by Crippen LogP contribution is -2.23. The van der Waals surface area contributed by atoms with E-state index in [2.05, 4.69) is 4.98 Å². The lowest BCUT2D eigenvalue weighted by molar-refractivity contribution is -0.142. The molecule has 6 nitrogen and oxygen atoms in total. The zero-order chi connectivity index (χ0) is 10.8. The molecule has 1 aromatic rings.